The monoisotopic (exact) mass is 269 g/mol. The van der Waals surface area contributed by atoms with Crippen LogP contribution in [0, 0.1) is 0 Å². The van der Waals surface area contributed by atoms with Gasteiger partial charge in [-0.2, -0.15) is 0 Å². The van der Waals surface area contributed by atoms with E-state index in [0.717, 1.165) is 20.1 Å². The van der Waals surface area contributed by atoms with Crippen LogP contribution >= 0.6 is 27.3 Å². The summed E-state index contributed by atoms with van der Waals surface area (Å²) < 4.78 is 5.99. The summed E-state index contributed by atoms with van der Waals surface area (Å²) in [7, 11) is 1.66. The first-order chi connectivity index (χ1) is 6.79. The second-order valence-corrected chi connectivity index (χ2v) is 5.01. The van der Waals surface area contributed by atoms with Crippen molar-refractivity contribution in [2.24, 2.45) is 0 Å². The minimum Gasteiger partial charge on any atom is -0.497 e. The number of aromatic nitrogens is 1. The summed E-state index contributed by atoms with van der Waals surface area (Å²) >= 11 is 4.96. The van der Waals surface area contributed by atoms with Gasteiger partial charge in [0.25, 0.3) is 0 Å². The van der Waals surface area contributed by atoms with Gasteiger partial charge in [0.1, 0.15) is 5.75 Å². The highest BCUT2D eigenvalue weighted by molar-refractivity contribution is 9.11. The lowest BCUT2D eigenvalue weighted by molar-refractivity contribution is 0.415. The zero-order valence-electron chi connectivity index (χ0n) is 7.53. The second kappa shape index (κ2) is 4.11. The first-order valence-corrected chi connectivity index (χ1v) is 5.66. The van der Waals surface area contributed by atoms with Crippen LogP contribution in [0.4, 0.5) is 0 Å². The van der Waals surface area contributed by atoms with Crippen LogP contribution in [-0.2, 0) is 0 Å². The summed E-state index contributed by atoms with van der Waals surface area (Å²) in [4.78, 5) is 5.29. The molecule has 0 N–H and O–H groups in total. The van der Waals surface area contributed by atoms with Crippen LogP contribution in [-0.4, -0.2) is 12.1 Å². The van der Waals surface area contributed by atoms with E-state index in [4.69, 9.17) is 4.74 Å². The predicted octanol–water partition coefficient (Wildman–Crippen LogP) is 3.58. The SMILES string of the molecule is COc1ccc(-c2cnc(Br)s2)cc1. The third-order valence-electron chi connectivity index (χ3n) is 1.85. The van der Waals surface area contributed by atoms with E-state index in [-0.39, 0.29) is 0 Å². The Morgan fingerprint density at radius 1 is 1.29 bits per heavy atom. The quantitative estimate of drug-likeness (QED) is 0.832. The molecule has 4 heteroatoms. The number of nitrogens with zero attached hydrogens (tertiary/aromatic N) is 1. The first-order valence-electron chi connectivity index (χ1n) is 4.05. The highest BCUT2D eigenvalue weighted by atomic mass is 79.9. The molecule has 0 atom stereocenters. The molecule has 14 heavy (non-hydrogen) atoms. The Morgan fingerprint density at radius 2 is 2.00 bits per heavy atom. The van der Waals surface area contributed by atoms with E-state index in [1.165, 1.54) is 0 Å². The standard InChI is InChI=1S/C10H8BrNOS/c1-13-8-4-2-7(3-5-8)9-6-12-10(11)14-9/h2-6H,1H3. The lowest BCUT2D eigenvalue weighted by Crippen LogP contribution is -1.81. The fourth-order valence-electron chi connectivity index (χ4n) is 1.14. The number of rotatable bonds is 2. The van der Waals surface area contributed by atoms with Gasteiger partial charge in [0, 0.05) is 6.20 Å². The summed E-state index contributed by atoms with van der Waals surface area (Å²) in [5.41, 5.74) is 1.16. The molecule has 1 heterocycles. The number of methoxy groups -OCH3 is 1. The Morgan fingerprint density at radius 3 is 2.50 bits per heavy atom. The van der Waals surface area contributed by atoms with Crippen molar-refractivity contribution in [2.45, 2.75) is 0 Å². The maximum atomic E-state index is 5.09. The van der Waals surface area contributed by atoms with Gasteiger partial charge >= 0.3 is 0 Å². The van der Waals surface area contributed by atoms with Crippen molar-refractivity contribution >= 4 is 27.3 Å². The molecule has 0 spiro atoms. The average Bonchev–Trinajstić information content (AvgIpc) is 2.65. The molecule has 0 aliphatic carbocycles. The average molecular weight is 270 g/mol. The molecule has 0 saturated heterocycles. The number of hydrogen-bond acceptors (Lipinski definition) is 3. The maximum Gasteiger partial charge on any atom is 0.159 e. The van der Waals surface area contributed by atoms with Gasteiger partial charge in [0.05, 0.1) is 12.0 Å². The Balaban J connectivity index is 2.33. The summed E-state index contributed by atoms with van der Waals surface area (Å²) in [5, 5.41) is 0. The predicted molar refractivity (Wildman–Crippen MR) is 61.8 cm³/mol. The van der Waals surface area contributed by atoms with Crippen LogP contribution in [0.5, 0.6) is 5.75 Å². The van der Waals surface area contributed by atoms with E-state index in [2.05, 4.69) is 20.9 Å². The first kappa shape index (κ1) is 9.68. The molecule has 0 unspecified atom stereocenters. The highest BCUT2D eigenvalue weighted by Gasteiger charge is 2.02. The molecule has 0 bridgehead atoms. The number of thiazole rings is 1. The van der Waals surface area contributed by atoms with Crippen LogP contribution in [0.15, 0.2) is 34.4 Å². The zero-order valence-corrected chi connectivity index (χ0v) is 9.93. The van der Waals surface area contributed by atoms with Crippen molar-refractivity contribution in [3.63, 3.8) is 0 Å². The Bertz CT molecular complexity index is 424. The summed E-state index contributed by atoms with van der Waals surface area (Å²) in [6, 6.07) is 7.95. The zero-order chi connectivity index (χ0) is 9.97. The maximum absolute atomic E-state index is 5.09. The van der Waals surface area contributed by atoms with Gasteiger partial charge < -0.3 is 4.74 Å². The molecule has 2 nitrogen and oxygen atoms in total. The molecule has 2 aromatic rings. The third-order valence-corrected chi connectivity index (χ3v) is 3.38. The Labute approximate surface area is 94.7 Å². The van der Waals surface area contributed by atoms with E-state index in [0.29, 0.717) is 0 Å². The van der Waals surface area contributed by atoms with Gasteiger partial charge in [-0.25, -0.2) is 4.98 Å². The largest absolute Gasteiger partial charge is 0.497 e. The number of ether oxygens (including phenoxy) is 1. The minimum atomic E-state index is 0.873. The topological polar surface area (TPSA) is 22.1 Å². The summed E-state index contributed by atoms with van der Waals surface area (Å²) in [6.45, 7) is 0. The molecule has 1 aromatic carbocycles. The summed E-state index contributed by atoms with van der Waals surface area (Å²) in [6.07, 6.45) is 1.86. The number of benzene rings is 1. The van der Waals surface area contributed by atoms with Gasteiger partial charge in [-0.3, -0.25) is 0 Å². The van der Waals surface area contributed by atoms with Gasteiger partial charge in [0.15, 0.2) is 3.92 Å². The molecule has 72 valence electrons. The molecule has 0 saturated carbocycles. The van der Waals surface area contributed by atoms with Gasteiger partial charge in [0.2, 0.25) is 0 Å². The van der Waals surface area contributed by atoms with E-state index in [1.54, 1.807) is 18.4 Å². The fraction of sp³-hybridized carbons (Fsp3) is 0.100. The van der Waals surface area contributed by atoms with E-state index in [1.807, 2.05) is 30.5 Å². The van der Waals surface area contributed by atoms with Gasteiger partial charge in [-0.15, -0.1) is 11.3 Å². The molecular weight excluding hydrogens is 262 g/mol. The van der Waals surface area contributed by atoms with Crippen molar-refractivity contribution in [3.05, 3.63) is 34.4 Å². The molecule has 1 aromatic heterocycles. The third kappa shape index (κ3) is 1.96. The van der Waals surface area contributed by atoms with Crippen molar-refractivity contribution in [1.29, 1.82) is 0 Å². The van der Waals surface area contributed by atoms with Crippen LogP contribution in [0.3, 0.4) is 0 Å². The molecule has 0 amide bonds. The Hall–Kier alpha value is -0.870. The number of hydrogen-bond donors (Lipinski definition) is 0. The highest BCUT2D eigenvalue weighted by Crippen LogP contribution is 2.29. The molecular formula is C10H8BrNOS. The van der Waals surface area contributed by atoms with Crippen LogP contribution in [0.25, 0.3) is 10.4 Å². The molecule has 0 aliphatic heterocycles. The van der Waals surface area contributed by atoms with Gasteiger partial charge in [-0.05, 0) is 45.8 Å². The van der Waals surface area contributed by atoms with Crippen LogP contribution in [0.1, 0.15) is 0 Å². The molecule has 0 aliphatic rings. The van der Waals surface area contributed by atoms with E-state index >= 15 is 0 Å². The molecule has 0 radical (unpaired) electrons. The smallest absolute Gasteiger partial charge is 0.159 e. The Kier molecular flexibility index (Phi) is 2.84. The summed E-state index contributed by atoms with van der Waals surface area (Å²) in [5.74, 6) is 0.873. The molecule has 2 rings (SSSR count). The second-order valence-electron chi connectivity index (χ2n) is 2.71. The minimum absolute atomic E-state index is 0.873. The van der Waals surface area contributed by atoms with Crippen molar-refractivity contribution in [3.8, 4) is 16.2 Å². The van der Waals surface area contributed by atoms with Crippen molar-refractivity contribution in [1.82, 2.24) is 4.98 Å². The van der Waals surface area contributed by atoms with Crippen LogP contribution in [0.2, 0.25) is 0 Å². The lowest BCUT2D eigenvalue weighted by atomic mass is 10.2. The molecule has 0 fully saturated rings. The van der Waals surface area contributed by atoms with Crippen molar-refractivity contribution in [2.75, 3.05) is 7.11 Å². The fourth-order valence-corrected chi connectivity index (χ4v) is 2.41. The van der Waals surface area contributed by atoms with E-state index < -0.39 is 0 Å². The normalized spacial score (nSPS) is 10.1. The van der Waals surface area contributed by atoms with Crippen molar-refractivity contribution < 1.29 is 4.74 Å². The number of halogens is 1. The van der Waals surface area contributed by atoms with E-state index in [9.17, 15) is 0 Å². The van der Waals surface area contributed by atoms with Crippen LogP contribution < -0.4 is 4.74 Å². The van der Waals surface area contributed by atoms with Gasteiger partial charge in [-0.1, -0.05) is 0 Å². The lowest BCUT2D eigenvalue weighted by Gasteiger charge is -2.00.